The lowest BCUT2D eigenvalue weighted by molar-refractivity contribution is 0.0933. The van der Waals surface area contributed by atoms with E-state index in [1.807, 2.05) is 0 Å². The van der Waals surface area contributed by atoms with Crippen molar-refractivity contribution < 1.29 is 4.74 Å². The maximum absolute atomic E-state index is 6.44. The minimum atomic E-state index is 0.170. The van der Waals surface area contributed by atoms with E-state index < -0.39 is 0 Å². The highest BCUT2D eigenvalue weighted by Crippen LogP contribution is 2.42. The molecule has 0 aliphatic heterocycles. The van der Waals surface area contributed by atoms with Crippen LogP contribution >= 0.6 is 0 Å². The van der Waals surface area contributed by atoms with Crippen LogP contribution in [0.5, 0.6) is 0 Å². The van der Waals surface area contributed by atoms with E-state index in [2.05, 4.69) is 52.2 Å². The number of nitrogens with zero attached hydrogens (tertiary/aromatic N) is 1. The van der Waals surface area contributed by atoms with Crippen LogP contribution in [0.1, 0.15) is 70.1 Å². The van der Waals surface area contributed by atoms with Crippen LogP contribution < -0.4 is 5.73 Å². The summed E-state index contributed by atoms with van der Waals surface area (Å²) < 4.78 is 8.26. The number of ether oxygens (including phenoxy) is 1. The molecule has 1 heterocycles. The third-order valence-corrected chi connectivity index (χ3v) is 4.78. The van der Waals surface area contributed by atoms with Gasteiger partial charge in [0, 0.05) is 24.0 Å². The Bertz CT molecular complexity index is 488. The van der Waals surface area contributed by atoms with Gasteiger partial charge in [0.15, 0.2) is 0 Å². The van der Waals surface area contributed by atoms with E-state index in [1.165, 1.54) is 17.0 Å². The zero-order valence-corrected chi connectivity index (χ0v) is 14.6. The van der Waals surface area contributed by atoms with Crippen LogP contribution in [0.3, 0.4) is 0 Å². The van der Waals surface area contributed by atoms with Crippen LogP contribution in [-0.2, 0) is 11.2 Å². The predicted molar refractivity (Wildman–Crippen MR) is 88.6 cm³/mol. The first-order chi connectivity index (χ1) is 9.76. The molecule has 0 bridgehead atoms. The Morgan fingerprint density at radius 2 is 2.10 bits per heavy atom. The van der Waals surface area contributed by atoms with Crippen LogP contribution in [-0.4, -0.2) is 17.8 Å². The standard InChI is InChI=1S/C18H32N2O/c1-7-21-11-17(12(2)3)20-13(4)8-14-15(19)9-18(5,6)10-16(14)20/h8,12,15,17H,7,9-11,19H2,1-6H3. The van der Waals surface area contributed by atoms with Gasteiger partial charge in [0.05, 0.1) is 12.6 Å². The summed E-state index contributed by atoms with van der Waals surface area (Å²) in [5.74, 6) is 0.549. The molecule has 21 heavy (non-hydrogen) atoms. The second-order valence-corrected chi connectivity index (χ2v) is 7.68. The zero-order chi connectivity index (χ0) is 15.8. The van der Waals surface area contributed by atoms with E-state index in [4.69, 9.17) is 10.5 Å². The number of aromatic nitrogens is 1. The summed E-state index contributed by atoms with van der Waals surface area (Å²) in [6, 6.07) is 2.87. The van der Waals surface area contributed by atoms with Crippen molar-refractivity contribution in [3.8, 4) is 0 Å². The summed E-state index contributed by atoms with van der Waals surface area (Å²) in [6.45, 7) is 15.0. The molecule has 0 aromatic carbocycles. The highest BCUT2D eigenvalue weighted by molar-refractivity contribution is 5.34. The quantitative estimate of drug-likeness (QED) is 0.891. The lowest BCUT2D eigenvalue weighted by Gasteiger charge is -2.36. The van der Waals surface area contributed by atoms with Crippen LogP contribution in [0.15, 0.2) is 6.07 Å². The Morgan fingerprint density at radius 3 is 2.67 bits per heavy atom. The molecule has 2 N–H and O–H groups in total. The molecule has 0 amide bonds. The average molecular weight is 292 g/mol. The van der Waals surface area contributed by atoms with Gasteiger partial charge in [-0.2, -0.15) is 0 Å². The highest BCUT2D eigenvalue weighted by Gasteiger charge is 2.35. The van der Waals surface area contributed by atoms with E-state index in [9.17, 15) is 0 Å². The largest absolute Gasteiger partial charge is 0.380 e. The van der Waals surface area contributed by atoms with Gasteiger partial charge in [0.25, 0.3) is 0 Å². The number of rotatable bonds is 5. The van der Waals surface area contributed by atoms with Crippen LogP contribution in [0, 0.1) is 18.3 Å². The molecule has 0 spiro atoms. The molecule has 0 radical (unpaired) electrons. The van der Waals surface area contributed by atoms with E-state index in [0.717, 1.165) is 26.1 Å². The molecule has 0 saturated heterocycles. The second-order valence-electron chi connectivity index (χ2n) is 7.68. The first-order valence-corrected chi connectivity index (χ1v) is 8.30. The van der Waals surface area contributed by atoms with Gasteiger partial charge < -0.3 is 15.0 Å². The van der Waals surface area contributed by atoms with E-state index >= 15 is 0 Å². The maximum atomic E-state index is 6.44. The molecule has 2 atom stereocenters. The normalized spacial score (nSPS) is 22.4. The fourth-order valence-electron chi connectivity index (χ4n) is 3.73. The molecule has 1 aromatic heterocycles. The molecule has 1 aromatic rings. The fraction of sp³-hybridized carbons (Fsp3) is 0.778. The van der Waals surface area contributed by atoms with Gasteiger partial charge in [-0.15, -0.1) is 0 Å². The predicted octanol–water partition coefficient (Wildman–Crippen LogP) is 4.00. The average Bonchev–Trinajstić information content (AvgIpc) is 2.66. The van der Waals surface area contributed by atoms with Crippen molar-refractivity contribution in [2.75, 3.05) is 13.2 Å². The SMILES string of the molecule is CCOCC(C(C)C)n1c(C)cc2c1CC(C)(C)CC2N. The molecule has 0 fully saturated rings. The van der Waals surface area contributed by atoms with Crippen LogP contribution in [0.25, 0.3) is 0 Å². The lowest BCUT2D eigenvalue weighted by atomic mass is 9.74. The van der Waals surface area contributed by atoms with Crippen LogP contribution in [0.4, 0.5) is 0 Å². The van der Waals surface area contributed by atoms with Gasteiger partial charge in [0.2, 0.25) is 0 Å². The summed E-state index contributed by atoms with van der Waals surface area (Å²) in [5.41, 5.74) is 10.8. The Labute approximate surface area is 129 Å². The smallest absolute Gasteiger partial charge is 0.0676 e. The van der Waals surface area contributed by atoms with Crippen molar-refractivity contribution in [3.63, 3.8) is 0 Å². The van der Waals surface area contributed by atoms with Gasteiger partial charge in [-0.1, -0.05) is 27.7 Å². The third-order valence-electron chi connectivity index (χ3n) is 4.78. The van der Waals surface area contributed by atoms with Crippen LogP contribution in [0.2, 0.25) is 0 Å². The van der Waals surface area contributed by atoms with Crippen molar-refractivity contribution in [3.05, 3.63) is 23.0 Å². The second kappa shape index (κ2) is 6.13. The fourth-order valence-corrected chi connectivity index (χ4v) is 3.73. The first kappa shape index (κ1) is 16.6. The van der Waals surface area contributed by atoms with E-state index in [-0.39, 0.29) is 11.5 Å². The molecule has 120 valence electrons. The van der Waals surface area contributed by atoms with Gasteiger partial charge >= 0.3 is 0 Å². The summed E-state index contributed by atoms with van der Waals surface area (Å²) in [5, 5.41) is 0. The third kappa shape index (κ3) is 3.35. The number of hydrogen-bond acceptors (Lipinski definition) is 2. The molecule has 0 saturated carbocycles. The molecule has 3 heteroatoms. The van der Waals surface area contributed by atoms with Crippen molar-refractivity contribution in [1.82, 2.24) is 4.57 Å². The minimum Gasteiger partial charge on any atom is -0.380 e. The van der Waals surface area contributed by atoms with Crippen molar-refractivity contribution in [2.24, 2.45) is 17.1 Å². The highest BCUT2D eigenvalue weighted by atomic mass is 16.5. The summed E-state index contributed by atoms with van der Waals surface area (Å²) in [7, 11) is 0. The maximum Gasteiger partial charge on any atom is 0.0676 e. The Morgan fingerprint density at radius 1 is 1.43 bits per heavy atom. The zero-order valence-electron chi connectivity index (χ0n) is 14.6. The Balaban J connectivity index is 2.44. The Hall–Kier alpha value is -0.800. The molecule has 2 rings (SSSR count). The van der Waals surface area contributed by atoms with Gasteiger partial charge in [-0.05, 0) is 49.7 Å². The number of fused-ring (bicyclic) bond motifs is 1. The van der Waals surface area contributed by atoms with Gasteiger partial charge in [-0.25, -0.2) is 0 Å². The number of nitrogens with two attached hydrogens (primary N) is 1. The van der Waals surface area contributed by atoms with Gasteiger partial charge in [-0.3, -0.25) is 0 Å². The molecule has 3 nitrogen and oxygen atoms in total. The lowest BCUT2D eigenvalue weighted by Crippen LogP contribution is -2.32. The first-order valence-electron chi connectivity index (χ1n) is 8.30. The van der Waals surface area contributed by atoms with E-state index in [0.29, 0.717) is 12.0 Å². The number of hydrogen-bond donors (Lipinski definition) is 1. The number of aryl methyl sites for hydroxylation is 1. The summed E-state index contributed by atoms with van der Waals surface area (Å²) >= 11 is 0. The monoisotopic (exact) mass is 292 g/mol. The summed E-state index contributed by atoms with van der Waals surface area (Å²) in [6.07, 6.45) is 2.18. The Kier molecular flexibility index (Phi) is 4.84. The van der Waals surface area contributed by atoms with Gasteiger partial charge in [0.1, 0.15) is 0 Å². The van der Waals surface area contributed by atoms with Crippen molar-refractivity contribution >= 4 is 0 Å². The van der Waals surface area contributed by atoms with Crippen molar-refractivity contribution in [1.29, 1.82) is 0 Å². The molecule has 1 aliphatic carbocycles. The van der Waals surface area contributed by atoms with Crippen molar-refractivity contribution in [2.45, 2.75) is 66.5 Å². The molecule has 1 aliphatic rings. The van der Waals surface area contributed by atoms with E-state index in [1.54, 1.807) is 0 Å². The minimum absolute atomic E-state index is 0.170. The molecular weight excluding hydrogens is 260 g/mol. The summed E-state index contributed by atoms with van der Waals surface area (Å²) in [4.78, 5) is 0. The topological polar surface area (TPSA) is 40.2 Å². The molecular formula is C18H32N2O. The molecule has 2 unspecified atom stereocenters.